The van der Waals surface area contributed by atoms with Crippen LogP contribution in [-0.4, -0.2) is 26.9 Å². The second-order valence-corrected chi connectivity index (χ2v) is 6.70. The number of sulfonamides is 1. The van der Waals surface area contributed by atoms with Crippen molar-refractivity contribution in [3.05, 3.63) is 12.7 Å². The first-order valence-electron chi connectivity index (χ1n) is 6.15. The number of primary sulfonamides is 1. The third-order valence-electron chi connectivity index (χ3n) is 3.50. The molecule has 2 N–H and O–H groups in total. The van der Waals surface area contributed by atoms with Crippen LogP contribution < -0.4 is 5.14 Å². The summed E-state index contributed by atoms with van der Waals surface area (Å²) >= 11 is 0. The van der Waals surface area contributed by atoms with Gasteiger partial charge in [-0.3, -0.25) is 0 Å². The van der Waals surface area contributed by atoms with E-state index in [9.17, 15) is 8.42 Å². The van der Waals surface area contributed by atoms with Crippen LogP contribution in [0.1, 0.15) is 32.6 Å². The van der Waals surface area contributed by atoms with E-state index in [0.717, 1.165) is 26.1 Å². The minimum atomic E-state index is -3.47. The predicted molar refractivity (Wildman–Crippen MR) is 69.0 cm³/mol. The maximum Gasteiger partial charge on any atom is 0.212 e. The van der Waals surface area contributed by atoms with Crippen LogP contribution in [0.2, 0.25) is 0 Å². The Balaban J connectivity index is 2.66. The molecule has 0 bridgehead atoms. The van der Waals surface area contributed by atoms with E-state index in [-0.39, 0.29) is 5.92 Å². The minimum Gasteiger partial charge on any atom is -0.381 e. The van der Waals surface area contributed by atoms with Crippen LogP contribution in [0, 0.1) is 11.8 Å². The zero-order chi connectivity index (χ0) is 12.9. The summed E-state index contributed by atoms with van der Waals surface area (Å²) in [4.78, 5) is 0. The Morgan fingerprint density at radius 3 is 2.53 bits per heavy atom. The van der Waals surface area contributed by atoms with Gasteiger partial charge in [0, 0.05) is 13.2 Å². The topological polar surface area (TPSA) is 69.4 Å². The molecule has 100 valence electrons. The normalized spacial score (nSPS) is 22.0. The molecule has 5 heteroatoms. The fourth-order valence-electron chi connectivity index (χ4n) is 2.42. The molecule has 0 aromatic rings. The highest BCUT2D eigenvalue weighted by atomic mass is 32.2. The summed E-state index contributed by atoms with van der Waals surface area (Å²) in [6.45, 7) is 7.05. The smallest absolute Gasteiger partial charge is 0.212 e. The Morgan fingerprint density at radius 2 is 2.06 bits per heavy atom. The van der Waals surface area contributed by atoms with Gasteiger partial charge in [-0.15, -0.1) is 6.58 Å². The van der Waals surface area contributed by atoms with E-state index in [1.807, 2.05) is 6.92 Å². The lowest BCUT2D eigenvalue weighted by atomic mass is 9.89. The van der Waals surface area contributed by atoms with E-state index in [2.05, 4.69) is 6.58 Å². The average molecular weight is 261 g/mol. The molecule has 0 amide bonds. The highest BCUT2D eigenvalue weighted by molar-refractivity contribution is 7.89. The second kappa shape index (κ2) is 6.52. The first-order chi connectivity index (χ1) is 7.95. The molecule has 0 radical (unpaired) electrons. The highest BCUT2D eigenvalue weighted by Crippen LogP contribution is 2.27. The van der Waals surface area contributed by atoms with E-state index >= 15 is 0 Å². The Labute approximate surface area is 104 Å². The van der Waals surface area contributed by atoms with Crippen LogP contribution in [0.4, 0.5) is 0 Å². The third kappa shape index (κ3) is 4.77. The first kappa shape index (κ1) is 14.7. The molecular weight excluding hydrogens is 238 g/mol. The summed E-state index contributed by atoms with van der Waals surface area (Å²) in [5.74, 6) is 0.449. The fourth-order valence-corrected chi connectivity index (χ4v) is 3.71. The summed E-state index contributed by atoms with van der Waals surface area (Å²) in [6, 6.07) is 0. The van der Waals surface area contributed by atoms with Gasteiger partial charge in [0.2, 0.25) is 10.0 Å². The number of nitrogens with two attached hydrogens (primary N) is 1. The van der Waals surface area contributed by atoms with Gasteiger partial charge in [0.25, 0.3) is 0 Å². The average Bonchev–Trinajstić information content (AvgIpc) is 2.26. The van der Waals surface area contributed by atoms with Crippen molar-refractivity contribution >= 4 is 10.0 Å². The molecule has 0 aliphatic carbocycles. The zero-order valence-corrected chi connectivity index (χ0v) is 11.3. The van der Waals surface area contributed by atoms with Crippen molar-refractivity contribution in [1.82, 2.24) is 0 Å². The minimum absolute atomic E-state index is 0.0327. The van der Waals surface area contributed by atoms with Crippen molar-refractivity contribution in [1.29, 1.82) is 0 Å². The van der Waals surface area contributed by atoms with E-state index in [0.29, 0.717) is 18.8 Å². The van der Waals surface area contributed by atoms with Crippen molar-refractivity contribution in [2.45, 2.75) is 37.9 Å². The molecule has 1 rings (SSSR count). The van der Waals surface area contributed by atoms with Crippen LogP contribution in [-0.2, 0) is 14.8 Å². The summed E-state index contributed by atoms with van der Waals surface area (Å²) in [7, 11) is -3.47. The van der Waals surface area contributed by atoms with Gasteiger partial charge in [-0.2, -0.15) is 0 Å². The van der Waals surface area contributed by atoms with Crippen molar-refractivity contribution in [2.24, 2.45) is 17.0 Å². The number of hydrogen-bond donors (Lipinski definition) is 1. The first-order valence-corrected chi connectivity index (χ1v) is 7.76. The lowest BCUT2D eigenvalue weighted by molar-refractivity contribution is 0.0624. The molecule has 1 saturated heterocycles. The summed E-state index contributed by atoms with van der Waals surface area (Å²) in [6.07, 6.45) is 4.97. The Bertz CT molecular complexity index is 334. The Hall–Kier alpha value is -0.390. The van der Waals surface area contributed by atoms with Gasteiger partial charge in [0.1, 0.15) is 0 Å². The van der Waals surface area contributed by atoms with Crippen molar-refractivity contribution in [3.63, 3.8) is 0 Å². The number of allylic oxidation sites excluding steroid dienone is 1. The van der Waals surface area contributed by atoms with Crippen LogP contribution in [0.25, 0.3) is 0 Å². The predicted octanol–water partition coefficient (Wildman–Crippen LogP) is 1.67. The largest absolute Gasteiger partial charge is 0.381 e. The molecule has 1 aliphatic rings. The molecule has 0 aromatic carbocycles. The van der Waals surface area contributed by atoms with E-state index < -0.39 is 15.3 Å². The van der Waals surface area contributed by atoms with Crippen LogP contribution in [0.5, 0.6) is 0 Å². The van der Waals surface area contributed by atoms with Gasteiger partial charge in [0.15, 0.2) is 0 Å². The maximum absolute atomic E-state index is 11.6. The van der Waals surface area contributed by atoms with Crippen molar-refractivity contribution < 1.29 is 13.2 Å². The van der Waals surface area contributed by atoms with E-state index in [4.69, 9.17) is 9.88 Å². The van der Waals surface area contributed by atoms with Gasteiger partial charge < -0.3 is 4.74 Å². The summed E-state index contributed by atoms with van der Waals surface area (Å²) in [5, 5.41) is 4.88. The molecule has 0 saturated carbocycles. The van der Waals surface area contributed by atoms with Gasteiger partial charge in [0.05, 0.1) is 5.25 Å². The molecule has 0 aromatic heterocycles. The molecule has 2 atom stereocenters. The number of hydrogen-bond acceptors (Lipinski definition) is 3. The molecular formula is C12H23NO3S. The zero-order valence-electron chi connectivity index (χ0n) is 10.5. The highest BCUT2D eigenvalue weighted by Gasteiger charge is 2.30. The molecule has 4 nitrogen and oxygen atoms in total. The summed E-state index contributed by atoms with van der Waals surface area (Å²) in [5.41, 5.74) is 0. The molecule has 17 heavy (non-hydrogen) atoms. The second-order valence-electron chi connectivity index (χ2n) is 4.92. The number of rotatable bonds is 6. The molecule has 1 fully saturated rings. The monoisotopic (exact) mass is 261 g/mol. The standard InChI is InChI=1S/C12H23NO3S/c1-3-4-10(2)12(17(13,14)15)9-11-5-7-16-8-6-11/h3,10-12H,1,4-9H2,2H3,(H2,13,14,15)/t10-,12+/m1/s1. The molecule has 0 spiro atoms. The van der Waals surface area contributed by atoms with Crippen LogP contribution in [0.15, 0.2) is 12.7 Å². The SMILES string of the molecule is C=CC[C@@H](C)[C@H](CC1CCOCC1)S(N)(=O)=O. The third-order valence-corrected chi connectivity index (χ3v) is 5.00. The fraction of sp³-hybridized carbons (Fsp3) is 0.833. The van der Waals surface area contributed by atoms with Crippen molar-refractivity contribution in [2.75, 3.05) is 13.2 Å². The molecule has 1 aliphatic heterocycles. The Morgan fingerprint density at radius 1 is 1.47 bits per heavy atom. The van der Waals surface area contributed by atoms with Gasteiger partial charge >= 0.3 is 0 Å². The number of ether oxygens (including phenoxy) is 1. The maximum atomic E-state index is 11.6. The quantitative estimate of drug-likeness (QED) is 0.739. The molecule has 1 heterocycles. The lowest BCUT2D eigenvalue weighted by Gasteiger charge is -2.28. The van der Waals surface area contributed by atoms with Gasteiger partial charge in [-0.05, 0) is 37.5 Å². The molecule has 0 unspecified atom stereocenters. The van der Waals surface area contributed by atoms with Crippen LogP contribution >= 0.6 is 0 Å². The van der Waals surface area contributed by atoms with E-state index in [1.165, 1.54) is 0 Å². The lowest BCUT2D eigenvalue weighted by Crippen LogP contribution is -2.36. The van der Waals surface area contributed by atoms with E-state index in [1.54, 1.807) is 6.08 Å². The van der Waals surface area contributed by atoms with Crippen molar-refractivity contribution in [3.8, 4) is 0 Å². The van der Waals surface area contributed by atoms with Crippen LogP contribution in [0.3, 0.4) is 0 Å². The summed E-state index contributed by atoms with van der Waals surface area (Å²) < 4.78 is 28.5. The van der Waals surface area contributed by atoms with Gasteiger partial charge in [-0.25, -0.2) is 13.6 Å². The van der Waals surface area contributed by atoms with Gasteiger partial charge in [-0.1, -0.05) is 13.0 Å². The Kier molecular flexibility index (Phi) is 5.62.